The molecule has 1 rings (SSSR count). The van der Waals surface area contributed by atoms with Crippen molar-refractivity contribution in [3.05, 3.63) is 0 Å². The molecule has 0 bridgehead atoms. The first kappa shape index (κ1) is 7.06. The molecule has 0 amide bonds. The standard InChI is InChI=1S/C5H13BN2O/c1-6(9)8-4-5-2-7-3-5/h5,7-9H,2-4H2,1H3. The molecule has 0 saturated carbocycles. The van der Waals surface area contributed by atoms with Crippen molar-refractivity contribution in [1.29, 1.82) is 0 Å². The number of rotatable bonds is 3. The van der Waals surface area contributed by atoms with Crippen LogP contribution in [0.5, 0.6) is 0 Å². The lowest BCUT2D eigenvalue weighted by Gasteiger charge is -2.27. The fourth-order valence-electron chi connectivity index (χ4n) is 0.830. The molecular formula is C5H13BN2O. The summed E-state index contributed by atoms with van der Waals surface area (Å²) in [6, 6.07) is 0. The highest BCUT2D eigenvalue weighted by Crippen LogP contribution is 1.99. The third kappa shape index (κ3) is 2.34. The van der Waals surface area contributed by atoms with Gasteiger partial charge in [0.2, 0.25) is 0 Å². The second kappa shape index (κ2) is 3.20. The average molecular weight is 128 g/mol. The van der Waals surface area contributed by atoms with Gasteiger partial charge in [-0.1, -0.05) is 0 Å². The highest BCUT2D eigenvalue weighted by molar-refractivity contribution is 6.45. The molecule has 0 unspecified atom stereocenters. The normalized spacial score (nSPS) is 19.3. The first-order valence-corrected chi connectivity index (χ1v) is 3.41. The Morgan fingerprint density at radius 3 is 2.78 bits per heavy atom. The maximum atomic E-state index is 8.79. The van der Waals surface area contributed by atoms with Gasteiger partial charge in [0.25, 0.3) is 0 Å². The van der Waals surface area contributed by atoms with Crippen LogP contribution >= 0.6 is 0 Å². The molecule has 1 fully saturated rings. The van der Waals surface area contributed by atoms with Gasteiger partial charge in [0.15, 0.2) is 0 Å². The summed E-state index contributed by atoms with van der Waals surface area (Å²) in [6.45, 7) is 4.87. The van der Waals surface area contributed by atoms with Crippen LogP contribution in [-0.2, 0) is 0 Å². The van der Waals surface area contributed by atoms with Crippen molar-refractivity contribution in [1.82, 2.24) is 10.5 Å². The van der Waals surface area contributed by atoms with Gasteiger partial charge in [0.05, 0.1) is 0 Å². The van der Waals surface area contributed by atoms with E-state index >= 15 is 0 Å². The summed E-state index contributed by atoms with van der Waals surface area (Å²) in [6.07, 6.45) is 0. The zero-order valence-corrected chi connectivity index (χ0v) is 5.72. The van der Waals surface area contributed by atoms with Gasteiger partial charge < -0.3 is 15.6 Å². The first-order chi connectivity index (χ1) is 4.29. The van der Waals surface area contributed by atoms with Gasteiger partial charge in [0, 0.05) is 13.1 Å². The van der Waals surface area contributed by atoms with E-state index in [1.54, 1.807) is 6.82 Å². The minimum absolute atomic E-state index is 0.356. The van der Waals surface area contributed by atoms with Crippen molar-refractivity contribution in [3.8, 4) is 0 Å². The van der Waals surface area contributed by atoms with Crippen LogP contribution in [0.25, 0.3) is 0 Å². The Morgan fingerprint density at radius 2 is 2.44 bits per heavy atom. The van der Waals surface area contributed by atoms with E-state index in [1.165, 1.54) is 0 Å². The lowest BCUT2D eigenvalue weighted by molar-refractivity contribution is 0.343. The van der Waals surface area contributed by atoms with Crippen molar-refractivity contribution in [2.24, 2.45) is 5.92 Å². The Bertz CT molecular complexity index is 85.0. The van der Waals surface area contributed by atoms with E-state index in [9.17, 15) is 0 Å². The monoisotopic (exact) mass is 128 g/mol. The molecular weight excluding hydrogens is 115 g/mol. The van der Waals surface area contributed by atoms with Gasteiger partial charge >= 0.3 is 7.05 Å². The molecule has 0 aromatic carbocycles. The summed E-state index contributed by atoms with van der Waals surface area (Å²) in [5.74, 6) is 0.736. The Kier molecular flexibility index (Phi) is 2.51. The van der Waals surface area contributed by atoms with Crippen LogP contribution in [0.15, 0.2) is 0 Å². The van der Waals surface area contributed by atoms with Crippen LogP contribution in [-0.4, -0.2) is 31.7 Å². The second-order valence-corrected chi connectivity index (χ2v) is 2.61. The van der Waals surface area contributed by atoms with Gasteiger partial charge in [-0.3, -0.25) is 0 Å². The molecule has 9 heavy (non-hydrogen) atoms. The predicted octanol–water partition coefficient (Wildman–Crippen LogP) is -1.09. The molecule has 1 heterocycles. The van der Waals surface area contributed by atoms with Crippen molar-refractivity contribution >= 4 is 7.05 Å². The molecule has 0 aliphatic carbocycles. The molecule has 3 nitrogen and oxygen atoms in total. The second-order valence-electron chi connectivity index (χ2n) is 2.61. The molecule has 4 heteroatoms. The third-order valence-corrected chi connectivity index (χ3v) is 1.57. The molecule has 1 saturated heterocycles. The fraction of sp³-hybridized carbons (Fsp3) is 1.00. The van der Waals surface area contributed by atoms with Gasteiger partial charge in [0.1, 0.15) is 0 Å². The zero-order chi connectivity index (χ0) is 6.69. The topological polar surface area (TPSA) is 44.3 Å². The SMILES string of the molecule is CB(O)NCC1CNC1. The molecule has 0 radical (unpaired) electrons. The highest BCUT2D eigenvalue weighted by Gasteiger charge is 2.16. The van der Waals surface area contributed by atoms with Gasteiger partial charge in [-0.05, 0) is 19.3 Å². The van der Waals surface area contributed by atoms with E-state index in [-0.39, 0.29) is 7.05 Å². The van der Waals surface area contributed by atoms with Crippen molar-refractivity contribution in [2.75, 3.05) is 19.6 Å². The Hall–Kier alpha value is -0.0551. The van der Waals surface area contributed by atoms with E-state index in [0.717, 1.165) is 25.6 Å². The van der Waals surface area contributed by atoms with Gasteiger partial charge in [-0.25, -0.2) is 0 Å². The molecule has 52 valence electrons. The maximum Gasteiger partial charge on any atom is 0.373 e. The van der Waals surface area contributed by atoms with E-state index < -0.39 is 0 Å². The number of hydrogen-bond donors (Lipinski definition) is 3. The molecule has 0 spiro atoms. The van der Waals surface area contributed by atoms with Gasteiger partial charge in [-0.15, -0.1) is 0 Å². The van der Waals surface area contributed by atoms with Crippen LogP contribution in [0, 0.1) is 5.92 Å². The minimum atomic E-state index is -0.356. The number of nitrogens with one attached hydrogen (secondary N) is 2. The quantitative estimate of drug-likeness (QED) is 0.423. The van der Waals surface area contributed by atoms with Crippen molar-refractivity contribution in [3.63, 3.8) is 0 Å². The van der Waals surface area contributed by atoms with E-state index in [2.05, 4.69) is 10.5 Å². The average Bonchev–Trinajstić information content (AvgIpc) is 1.60. The minimum Gasteiger partial charge on any atom is -0.437 e. The van der Waals surface area contributed by atoms with E-state index in [0.29, 0.717) is 0 Å². The number of hydrogen-bond acceptors (Lipinski definition) is 3. The largest absolute Gasteiger partial charge is 0.437 e. The summed E-state index contributed by atoms with van der Waals surface area (Å²) in [5.41, 5.74) is 0. The van der Waals surface area contributed by atoms with Crippen LogP contribution in [0.3, 0.4) is 0 Å². The Balaban J connectivity index is 1.91. The lowest BCUT2D eigenvalue weighted by Crippen LogP contribution is -2.49. The lowest BCUT2D eigenvalue weighted by atomic mass is 9.87. The summed E-state index contributed by atoms with van der Waals surface area (Å²) in [7, 11) is -0.356. The summed E-state index contributed by atoms with van der Waals surface area (Å²) < 4.78 is 0. The molecule has 1 aliphatic heterocycles. The zero-order valence-electron chi connectivity index (χ0n) is 5.72. The van der Waals surface area contributed by atoms with Crippen molar-refractivity contribution < 1.29 is 5.02 Å². The Morgan fingerprint density at radius 1 is 1.78 bits per heavy atom. The van der Waals surface area contributed by atoms with Gasteiger partial charge in [-0.2, -0.15) is 0 Å². The van der Waals surface area contributed by atoms with Crippen LogP contribution in [0.1, 0.15) is 0 Å². The molecule has 1 aliphatic rings. The van der Waals surface area contributed by atoms with Crippen LogP contribution < -0.4 is 10.5 Å². The molecule has 0 atom stereocenters. The maximum absolute atomic E-state index is 8.79. The Labute approximate surface area is 56.0 Å². The molecule has 0 aromatic rings. The molecule has 0 aromatic heterocycles. The third-order valence-electron chi connectivity index (χ3n) is 1.57. The van der Waals surface area contributed by atoms with E-state index in [4.69, 9.17) is 5.02 Å². The fourth-order valence-corrected chi connectivity index (χ4v) is 0.830. The van der Waals surface area contributed by atoms with Crippen molar-refractivity contribution in [2.45, 2.75) is 6.82 Å². The summed E-state index contributed by atoms with van der Waals surface area (Å²) in [5, 5.41) is 14.9. The van der Waals surface area contributed by atoms with Crippen LogP contribution in [0.2, 0.25) is 6.82 Å². The summed E-state index contributed by atoms with van der Waals surface area (Å²) in [4.78, 5) is 0. The van der Waals surface area contributed by atoms with E-state index in [1.807, 2.05) is 0 Å². The first-order valence-electron chi connectivity index (χ1n) is 3.41. The predicted molar refractivity (Wildman–Crippen MR) is 38.2 cm³/mol. The smallest absolute Gasteiger partial charge is 0.373 e. The molecule has 3 N–H and O–H groups in total. The highest BCUT2D eigenvalue weighted by atomic mass is 16.2. The van der Waals surface area contributed by atoms with Crippen LogP contribution in [0.4, 0.5) is 0 Å². The summed E-state index contributed by atoms with van der Waals surface area (Å²) >= 11 is 0.